The van der Waals surface area contributed by atoms with E-state index in [0.29, 0.717) is 0 Å². The molecule has 0 aromatic heterocycles. The zero-order valence-electron chi connectivity index (χ0n) is 65.5. The average Bonchev–Trinajstić information content (AvgIpc) is 3.73. The van der Waals surface area contributed by atoms with E-state index in [0.717, 1.165) is 0 Å². The summed E-state index contributed by atoms with van der Waals surface area (Å²) in [4.78, 5) is 0. The predicted molar refractivity (Wildman–Crippen MR) is 426 cm³/mol. The van der Waals surface area contributed by atoms with E-state index in [2.05, 4.69) is 83.5 Å². The molecule has 0 aromatic rings. The van der Waals surface area contributed by atoms with Crippen LogP contribution < -0.4 is 0 Å². The van der Waals surface area contributed by atoms with Gasteiger partial charge in [0, 0.05) is 0 Å². The molecule has 0 aromatic carbocycles. The van der Waals surface area contributed by atoms with Crippen molar-refractivity contribution < 1.29 is 13.4 Å². The van der Waals surface area contributed by atoms with Crippen molar-refractivity contribution in [3.8, 4) is 0 Å². The van der Waals surface area contributed by atoms with Crippen molar-refractivity contribution >= 4 is 37.2 Å². The Balaban J connectivity index is -0.000000291. The largest absolute Gasteiger partial charge is 0.326 e. The van der Waals surface area contributed by atoms with Gasteiger partial charge in [0.25, 0.3) is 0 Å². The van der Waals surface area contributed by atoms with Crippen LogP contribution in [-0.2, 0) is 0 Å². The topological polar surface area (TPSA) is 0 Å². The highest BCUT2D eigenvalue weighted by Gasteiger charge is 2.23. The van der Waals surface area contributed by atoms with E-state index in [1.807, 2.05) is 0 Å². The third-order valence-corrected chi connectivity index (χ3v) is 20.7. The van der Waals surface area contributed by atoms with Crippen molar-refractivity contribution in [2.45, 2.75) is 467 Å². The van der Waals surface area contributed by atoms with E-state index in [1.165, 1.54) is 477 Å². The maximum absolute atomic E-state index is 2.59. The standard InChI is InChI=1S/C31H66N.C28H60N.C25H54N.3ClH/c1-5-8-11-14-17-20-23-26-29-32(4,30-27-24-21-18-15-12-9-6-2)31-28-25-22-19-16-13-10-7-3;1-5-8-11-14-17-20-23-26-29(4,27-24-21-18-15-12-9-6-2)28-25-22-19-16-13-10-7-3;1-5-8-11-14-17-20-23-26(4,24-21-18-15-12-9-6-2)25-22-19-16-13-10-7-3;;;/h5-31H2,1-4H3;5-28H2,1-4H3;5-25H2,1-4H3;3*1H/q3*+1;;;. The second kappa shape index (κ2) is 85.8. The highest BCUT2D eigenvalue weighted by atomic mass is 35.5. The lowest BCUT2D eigenvalue weighted by Gasteiger charge is -2.35. The van der Waals surface area contributed by atoms with Gasteiger partial charge in [0.05, 0.1) is 80.0 Å². The monoisotopic (exact) mass is 1340 g/mol. The first-order chi connectivity index (χ1) is 42.5. The number of hydrogen-bond acceptors (Lipinski definition) is 0. The molecule has 0 aliphatic carbocycles. The zero-order chi connectivity index (χ0) is 64.4. The Bertz CT molecular complexity index is 1060. The molecule has 6 heteroatoms. The molecule has 0 radical (unpaired) electrons. The molecule has 0 spiro atoms. The number of hydrogen-bond donors (Lipinski definition) is 0. The van der Waals surface area contributed by atoms with Gasteiger partial charge in [-0.05, 0) is 116 Å². The smallest absolute Gasteiger partial charge is 0.0784 e. The molecule has 0 fully saturated rings. The molecule has 0 amide bonds. The molecule has 0 N–H and O–H groups in total. The van der Waals surface area contributed by atoms with E-state index >= 15 is 0 Å². The quantitative estimate of drug-likeness (QED) is 0.0421. The first-order valence-corrected chi connectivity index (χ1v) is 42.1. The number of halogens is 3. The summed E-state index contributed by atoms with van der Waals surface area (Å²) < 4.78 is 4.08. The Morgan fingerprint density at radius 1 is 0.111 bits per heavy atom. The van der Waals surface area contributed by atoms with E-state index in [9.17, 15) is 0 Å². The average molecular weight is 1340 g/mol. The Kier molecular flexibility index (Phi) is 97.1. The molecular formula is C84H183Cl3N3+3. The van der Waals surface area contributed by atoms with Crippen molar-refractivity contribution in [2.75, 3.05) is 80.0 Å². The first-order valence-electron chi connectivity index (χ1n) is 42.1. The summed E-state index contributed by atoms with van der Waals surface area (Å²) in [5.74, 6) is 0. The fraction of sp³-hybridized carbons (Fsp3) is 1.00. The molecule has 0 bridgehead atoms. The zero-order valence-corrected chi connectivity index (χ0v) is 67.9. The van der Waals surface area contributed by atoms with Crippen LogP contribution in [0.2, 0.25) is 0 Å². The minimum Gasteiger partial charge on any atom is -0.326 e. The molecule has 0 saturated carbocycles. The third-order valence-electron chi connectivity index (χ3n) is 20.7. The van der Waals surface area contributed by atoms with Crippen LogP contribution in [0, 0.1) is 0 Å². The Hall–Kier alpha value is 0.750. The first kappa shape index (κ1) is 102. The number of nitrogens with zero attached hydrogens (tertiary/aromatic N) is 3. The van der Waals surface area contributed by atoms with Crippen LogP contribution in [-0.4, -0.2) is 93.5 Å². The highest BCUT2D eigenvalue weighted by molar-refractivity contribution is 5.86. The lowest BCUT2D eigenvalue weighted by atomic mass is 10.1. The lowest BCUT2D eigenvalue weighted by Crippen LogP contribution is -2.46. The van der Waals surface area contributed by atoms with Crippen molar-refractivity contribution in [3.05, 3.63) is 0 Å². The van der Waals surface area contributed by atoms with E-state index in [1.54, 1.807) is 0 Å². The summed E-state index contributed by atoms with van der Waals surface area (Å²) in [6.45, 7) is 33.7. The normalized spacial score (nSPS) is 11.6. The summed E-state index contributed by atoms with van der Waals surface area (Å²) in [6.07, 6.45) is 91.0. The molecule has 0 rings (SSSR count). The summed E-state index contributed by atoms with van der Waals surface area (Å²) in [7, 11) is 7.72. The van der Waals surface area contributed by atoms with Crippen LogP contribution in [0.5, 0.6) is 0 Å². The van der Waals surface area contributed by atoms with Crippen molar-refractivity contribution in [3.63, 3.8) is 0 Å². The van der Waals surface area contributed by atoms with Gasteiger partial charge < -0.3 is 13.4 Å². The summed E-state index contributed by atoms with van der Waals surface area (Å²) >= 11 is 0. The number of unbranched alkanes of at least 4 members (excludes halogenated alkanes) is 54. The molecular weight excluding hydrogens is 1160 g/mol. The molecule has 90 heavy (non-hydrogen) atoms. The van der Waals surface area contributed by atoms with Crippen LogP contribution >= 0.6 is 37.2 Å². The van der Waals surface area contributed by atoms with Gasteiger partial charge in [-0.3, -0.25) is 0 Å². The van der Waals surface area contributed by atoms with E-state index in [-0.39, 0.29) is 37.2 Å². The SMILES string of the molecule is CCCCCCCCCC[N+](C)(CCCCCCCCCC)CCCCCCCCCC.CCCCCCCCC[N+](C)(CCCCCCCCC)CCCCCCCCC.CCCCCCCC[N+](C)(CCCCCCCC)CCCCCCCC.Cl.Cl.Cl. The molecule has 0 atom stereocenters. The summed E-state index contributed by atoms with van der Waals surface area (Å²) in [5.41, 5.74) is 0. The van der Waals surface area contributed by atoms with Crippen LogP contribution in [0.4, 0.5) is 0 Å². The minimum absolute atomic E-state index is 0. The number of quaternary nitrogens is 3. The molecule has 552 valence electrons. The second-order valence-electron chi connectivity index (χ2n) is 30.5. The Morgan fingerprint density at radius 3 is 0.256 bits per heavy atom. The Morgan fingerprint density at radius 2 is 0.178 bits per heavy atom. The van der Waals surface area contributed by atoms with Gasteiger partial charge in [-0.1, -0.05) is 351 Å². The fourth-order valence-electron chi connectivity index (χ4n) is 14.1. The third kappa shape index (κ3) is 83.0. The van der Waals surface area contributed by atoms with Crippen molar-refractivity contribution in [1.82, 2.24) is 0 Å². The molecule has 0 aliphatic heterocycles. The van der Waals surface area contributed by atoms with Crippen LogP contribution in [0.3, 0.4) is 0 Å². The molecule has 0 saturated heterocycles. The summed E-state index contributed by atoms with van der Waals surface area (Å²) in [5, 5.41) is 0. The van der Waals surface area contributed by atoms with Gasteiger partial charge in [0.1, 0.15) is 0 Å². The molecule has 3 nitrogen and oxygen atoms in total. The molecule has 0 aliphatic rings. The highest BCUT2D eigenvalue weighted by Crippen LogP contribution is 2.21. The summed E-state index contributed by atoms with van der Waals surface area (Å²) in [6, 6.07) is 0. The Labute approximate surface area is 593 Å². The van der Waals surface area contributed by atoms with Crippen LogP contribution in [0.15, 0.2) is 0 Å². The predicted octanol–water partition coefficient (Wildman–Crippen LogP) is 30.3. The van der Waals surface area contributed by atoms with Gasteiger partial charge in [0.15, 0.2) is 0 Å². The fourth-order valence-corrected chi connectivity index (χ4v) is 14.1. The lowest BCUT2D eigenvalue weighted by molar-refractivity contribution is -0.910. The van der Waals surface area contributed by atoms with Crippen LogP contribution in [0.1, 0.15) is 467 Å². The van der Waals surface area contributed by atoms with Gasteiger partial charge in [-0.25, -0.2) is 0 Å². The van der Waals surface area contributed by atoms with Crippen LogP contribution in [0.25, 0.3) is 0 Å². The maximum atomic E-state index is 2.59. The maximum Gasteiger partial charge on any atom is 0.0784 e. The van der Waals surface area contributed by atoms with E-state index in [4.69, 9.17) is 0 Å². The second-order valence-corrected chi connectivity index (χ2v) is 30.5. The van der Waals surface area contributed by atoms with Gasteiger partial charge in [0.2, 0.25) is 0 Å². The number of rotatable bonds is 72. The van der Waals surface area contributed by atoms with Crippen molar-refractivity contribution in [2.24, 2.45) is 0 Å². The van der Waals surface area contributed by atoms with Gasteiger partial charge >= 0.3 is 0 Å². The van der Waals surface area contributed by atoms with E-state index < -0.39 is 0 Å². The molecule has 0 heterocycles. The van der Waals surface area contributed by atoms with Crippen molar-refractivity contribution in [1.29, 1.82) is 0 Å². The van der Waals surface area contributed by atoms with Gasteiger partial charge in [-0.15, -0.1) is 37.2 Å². The molecule has 0 unspecified atom stereocenters. The van der Waals surface area contributed by atoms with Gasteiger partial charge in [-0.2, -0.15) is 0 Å². The minimum atomic E-state index is 0.